The van der Waals surface area contributed by atoms with E-state index in [9.17, 15) is 0 Å². The highest BCUT2D eigenvalue weighted by Gasteiger charge is 2.00. The van der Waals surface area contributed by atoms with Crippen molar-refractivity contribution in [3.05, 3.63) is 41.9 Å². The standard InChI is InChI=1S/C10H7IN4/c11-3-8-1-2-10(13-5-8)15-7-9(4-12)6-14-15/h1-2,5-7H,3H2. The minimum Gasteiger partial charge on any atom is -0.237 e. The molecule has 0 bridgehead atoms. The molecule has 0 amide bonds. The van der Waals surface area contributed by atoms with Gasteiger partial charge in [0.15, 0.2) is 5.82 Å². The Bertz CT molecular complexity index is 495. The van der Waals surface area contributed by atoms with Crippen molar-refractivity contribution >= 4 is 22.6 Å². The van der Waals surface area contributed by atoms with E-state index in [-0.39, 0.29) is 0 Å². The number of halogens is 1. The molecule has 5 heteroatoms. The van der Waals surface area contributed by atoms with Crippen molar-refractivity contribution < 1.29 is 0 Å². The minimum absolute atomic E-state index is 0.537. The maximum atomic E-state index is 8.66. The Morgan fingerprint density at radius 3 is 2.80 bits per heavy atom. The van der Waals surface area contributed by atoms with Crippen molar-refractivity contribution in [3.8, 4) is 11.9 Å². The van der Waals surface area contributed by atoms with E-state index in [1.54, 1.807) is 10.9 Å². The van der Waals surface area contributed by atoms with Crippen molar-refractivity contribution in [2.75, 3.05) is 0 Å². The van der Waals surface area contributed by atoms with Crippen LogP contribution in [0.15, 0.2) is 30.7 Å². The summed E-state index contributed by atoms with van der Waals surface area (Å²) in [4.78, 5) is 4.25. The smallest absolute Gasteiger partial charge is 0.153 e. The molecule has 2 rings (SSSR count). The molecule has 0 aromatic carbocycles. The van der Waals surface area contributed by atoms with Crippen LogP contribution in [-0.4, -0.2) is 14.8 Å². The summed E-state index contributed by atoms with van der Waals surface area (Å²) in [6.07, 6.45) is 5.00. The van der Waals surface area contributed by atoms with Crippen molar-refractivity contribution in [1.29, 1.82) is 5.26 Å². The van der Waals surface area contributed by atoms with E-state index in [1.807, 2.05) is 24.4 Å². The molecule has 0 aliphatic rings. The molecule has 0 saturated heterocycles. The molecule has 2 heterocycles. The highest BCUT2D eigenvalue weighted by atomic mass is 127. The SMILES string of the molecule is N#Cc1cnn(-c2ccc(CI)cn2)c1. The lowest BCUT2D eigenvalue weighted by molar-refractivity contribution is 0.845. The van der Waals surface area contributed by atoms with Gasteiger partial charge >= 0.3 is 0 Å². The van der Waals surface area contributed by atoms with E-state index < -0.39 is 0 Å². The molecule has 2 aromatic rings. The van der Waals surface area contributed by atoms with E-state index >= 15 is 0 Å². The van der Waals surface area contributed by atoms with Crippen LogP contribution in [0, 0.1) is 11.3 Å². The second-order valence-corrected chi connectivity index (χ2v) is 3.71. The zero-order chi connectivity index (χ0) is 10.7. The first-order valence-corrected chi connectivity index (χ1v) is 5.82. The molecular formula is C10H7IN4. The van der Waals surface area contributed by atoms with Crippen LogP contribution < -0.4 is 0 Å². The Morgan fingerprint density at radius 1 is 1.40 bits per heavy atom. The summed E-state index contributed by atoms with van der Waals surface area (Å²) in [5, 5.41) is 12.7. The fourth-order valence-electron chi connectivity index (χ4n) is 1.14. The van der Waals surface area contributed by atoms with Gasteiger partial charge in [-0.15, -0.1) is 0 Å². The minimum atomic E-state index is 0.537. The van der Waals surface area contributed by atoms with Gasteiger partial charge in [0, 0.05) is 10.6 Å². The zero-order valence-electron chi connectivity index (χ0n) is 7.76. The number of aromatic nitrogens is 3. The fourth-order valence-corrected chi connectivity index (χ4v) is 1.59. The Balaban J connectivity index is 2.33. The summed E-state index contributed by atoms with van der Waals surface area (Å²) in [7, 11) is 0. The molecule has 0 atom stereocenters. The molecule has 15 heavy (non-hydrogen) atoms. The molecule has 2 aromatic heterocycles. The quantitative estimate of drug-likeness (QED) is 0.630. The third kappa shape index (κ3) is 2.15. The summed E-state index contributed by atoms with van der Waals surface area (Å²) in [6.45, 7) is 0. The van der Waals surface area contributed by atoms with Gasteiger partial charge in [-0.25, -0.2) is 9.67 Å². The number of pyridine rings is 1. The zero-order valence-corrected chi connectivity index (χ0v) is 9.92. The lowest BCUT2D eigenvalue weighted by atomic mass is 10.3. The monoisotopic (exact) mass is 310 g/mol. The van der Waals surface area contributed by atoms with Gasteiger partial charge in [-0.2, -0.15) is 10.4 Å². The van der Waals surface area contributed by atoms with Gasteiger partial charge in [-0.05, 0) is 11.6 Å². The van der Waals surface area contributed by atoms with Crippen LogP contribution in [-0.2, 0) is 4.43 Å². The van der Waals surface area contributed by atoms with E-state index in [0.29, 0.717) is 5.56 Å². The number of hydrogen-bond donors (Lipinski definition) is 0. The molecule has 0 fully saturated rings. The summed E-state index contributed by atoms with van der Waals surface area (Å²) < 4.78 is 2.53. The molecular weight excluding hydrogens is 303 g/mol. The second-order valence-electron chi connectivity index (χ2n) is 2.94. The van der Waals surface area contributed by atoms with Gasteiger partial charge in [0.25, 0.3) is 0 Å². The highest BCUT2D eigenvalue weighted by Crippen LogP contribution is 2.08. The number of alkyl halides is 1. The van der Waals surface area contributed by atoms with Gasteiger partial charge in [0.2, 0.25) is 0 Å². The van der Waals surface area contributed by atoms with Gasteiger partial charge in [-0.3, -0.25) is 0 Å². The molecule has 0 aliphatic carbocycles. The predicted octanol–water partition coefficient (Wildman–Crippen LogP) is 2.07. The van der Waals surface area contributed by atoms with Crippen LogP contribution in [0.1, 0.15) is 11.1 Å². The largest absolute Gasteiger partial charge is 0.237 e. The van der Waals surface area contributed by atoms with Crippen LogP contribution in [0.2, 0.25) is 0 Å². The first-order valence-electron chi connectivity index (χ1n) is 4.29. The Labute approximate surface area is 101 Å². The summed E-state index contributed by atoms with van der Waals surface area (Å²) >= 11 is 2.28. The molecule has 0 spiro atoms. The van der Waals surface area contributed by atoms with Crippen LogP contribution in [0.5, 0.6) is 0 Å². The van der Waals surface area contributed by atoms with E-state index in [4.69, 9.17) is 5.26 Å². The third-order valence-electron chi connectivity index (χ3n) is 1.91. The van der Waals surface area contributed by atoms with Crippen molar-refractivity contribution in [3.63, 3.8) is 0 Å². The molecule has 0 radical (unpaired) electrons. The van der Waals surface area contributed by atoms with Crippen molar-refractivity contribution in [1.82, 2.24) is 14.8 Å². The van der Waals surface area contributed by atoms with Crippen LogP contribution in [0.25, 0.3) is 5.82 Å². The molecule has 74 valence electrons. The average molecular weight is 310 g/mol. The summed E-state index contributed by atoms with van der Waals surface area (Å²) in [6, 6.07) is 5.92. The van der Waals surface area contributed by atoms with Gasteiger partial charge in [0.05, 0.1) is 18.0 Å². The predicted molar refractivity (Wildman–Crippen MR) is 63.8 cm³/mol. The molecule has 0 saturated carbocycles. The Morgan fingerprint density at radius 2 is 2.27 bits per heavy atom. The maximum Gasteiger partial charge on any atom is 0.153 e. The van der Waals surface area contributed by atoms with Crippen LogP contribution in [0.3, 0.4) is 0 Å². The molecule has 0 N–H and O–H groups in total. The van der Waals surface area contributed by atoms with Crippen molar-refractivity contribution in [2.24, 2.45) is 0 Å². The number of hydrogen-bond acceptors (Lipinski definition) is 3. The fraction of sp³-hybridized carbons (Fsp3) is 0.100. The Kier molecular flexibility index (Phi) is 2.97. The lowest BCUT2D eigenvalue weighted by Gasteiger charge is -2.00. The second kappa shape index (κ2) is 4.40. The summed E-state index contributed by atoms with van der Waals surface area (Å²) in [5.41, 5.74) is 1.71. The number of nitriles is 1. The van der Waals surface area contributed by atoms with Crippen LogP contribution in [0.4, 0.5) is 0 Å². The van der Waals surface area contributed by atoms with Gasteiger partial charge in [-0.1, -0.05) is 28.7 Å². The number of nitrogens with zero attached hydrogens (tertiary/aromatic N) is 4. The van der Waals surface area contributed by atoms with Crippen molar-refractivity contribution in [2.45, 2.75) is 4.43 Å². The van der Waals surface area contributed by atoms with E-state index in [1.165, 1.54) is 11.8 Å². The molecule has 0 unspecified atom stereocenters. The third-order valence-corrected chi connectivity index (χ3v) is 2.79. The topological polar surface area (TPSA) is 54.5 Å². The van der Waals surface area contributed by atoms with Gasteiger partial charge < -0.3 is 0 Å². The van der Waals surface area contributed by atoms with Gasteiger partial charge in [0.1, 0.15) is 6.07 Å². The maximum absolute atomic E-state index is 8.66. The first kappa shape index (κ1) is 10.1. The molecule has 4 nitrogen and oxygen atoms in total. The lowest BCUT2D eigenvalue weighted by Crippen LogP contribution is -1.97. The number of rotatable bonds is 2. The Hall–Kier alpha value is -1.42. The highest BCUT2D eigenvalue weighted by molar-refractivity contribution is 14.1. The van der Waals surface area contributed by atoms with Crippen LogP contribution >= 0.6 is 22.6 Å². The van der Waals surface area contributed by atoms with E-state index in [0.717, 1.165) is 10.2 Å². The van der Waals surface area contributed by atoms with E-state index in [2.05, 4.69) is 32.7 Å². The normalized spacial score (nSPS) is 9.87. The first-order chi connectivity index (χ1) is 7.33. The summed E-state index contributed by atoms with van der Waals surface area (Å²) in [5.74, 6) is 0.727. The molecule has 0 aliphatic heterocycles. The average Bonchev–Trinajstić information content (AvgIpc) is 2.78.